The van der Waals surface area contributed by atoms with Crippen LogP contribution in [0.3, 0.4) is 0 Å². The molecule has 0 spiro atoms. The van der Waals surface area contributed by atoms with Crippen LogP contribution in [0.15, 0.2) is 45.3 Å². The number of anilines is 1. The van der Waals surface area contributed by atoms with Gasteiger partial charge in [0.15, 0.2) is 0 Å². The summed E-state index contributed by atoms with van der Waals surface area (Å²) < 4.78 is 16.7. The van der Waals surface area contributed by atoms with Gasteiger partial charge in [-0.1, -0.05) is 25.1 Å². The van der Waals surface area contributed by atoms with Gasteiger partial charge in [-0.05, 0) is 60.1 Å². The molecule has 0 amide bonds. The molecule has 8 heteroatoms. The van der Waals surface area contributed by atoms with E-state index in [0.29, 0.717) is 17.9 Å². The van der Waals surface area contributed by atoms with Gasteiger partial charge in [0.05, 0.1) is 8.61 Å². The average molecular weight is 521 g/mol. The molecule has 0 fully saturated rings. The molecule has 0 saturated carbocycles. The molecule has 0 radical (unpaired) electrons. The van der Waals surface area contributed by atoms with Crippen molar-refractivity contribution >= 4 is 41.0 Å². The zero-order valence-electron chi connectivity index (χ0n) is 16.4. The van der Waals surface area contributed by atoms with Crippen LogP contribution >= 0.6 is 35.2 Å². The van der Waals surface area contributed by atoms with E-state index in [1.54, 1.807) is 16.8 Å². The minimum Gasteiger partial charge on any atom is -0.341 e. The van der Waals surface area contributed by atoms with Crippen molar-refractivity contribution in [3.05, 3.63) is 73.5 Å². The first-order chi connectivity index (χ1) is 13.8. The van der Waals surface area contributed by atoms with E-state index in [0.717, 1.165) is 37.7 Å². The highest BCUT2D eigenvalue weighted by molar-refractivity contribution is 14.1. The topological polar surface area (TPSA) is 55.6 Å². The Morgan fingerprint density at radius 1 is 1.28 bits per heavy atom. The molecule has 0 aliphatic carbocycles. The highest BCUT2D eigenvalue weighted by Gasteiger charge is 2.38. The molecule has 0 atom stereocenters. The van der Waals surface area contributed by atoms with Gasteiger partial charge in [-0.15, -0.1) is 12.6 Å². The zero-order valence-corrected chi connectivity index (χ0v) is 19.4. The van der Waals surface area contributed by atoms with Crippen LogP contribution in [0.25, 0.3) is 5.95 Å². The maximum Gasteiger partial charge on any atom is 0.252 e. The van der Waals surface area contributed by atoms with Crippen LogP contribution in [0.2, 0.25) is 0 Å². The molecule has 1 N–H and O–H groups in total. The fraction of sp³-hybridized carbons (Fsp3) is 0.286. The lowest BCUT2D eigenvalue weighted by atomic mass is 9.86. The maximum absolute atomic E-state index is 14.1. The third-order valence-corrected chi connectivity index (χ3v) is 6.07. The molecule has 2 aromatic heterocycles. The summed E-state index contributed by atoms with van der Waals surface area (Å²) in [6.45, 7) is 6.30. The number of hydrogen-bond acceptors (Lipinski definition) is 5. The van der Waals surface area contributed by atoms with Gasteiger partial charge in [0, 0.05) is 35.5 Å². The summed E-state index contributed by atoms with van der Waals surface area (Å²) in [6.07, 6.45) is 5.00. The SMILES string of the molecule is CCc1cn(-c2ncc3c(n2)N/C(=C(/S)I)C3(C)C)nc1Cc1ccccc1F. The summed E-state index contributed by atoms with van der Waals surface area (Å²) in [5, 5.41) is 8.04. The second-order valence-corrected chi connectivity index (χ2v) is 9.89. The Morgan fingerprint density at radius 3 is 2.72 bits per heavy atom. The number of halogens is 2. The number of nitrogens with one attached hydrogen (secondary N) is 1. The lowest BCUT2D eigenvalue weighted by Crippen LogP contribution is -2.17. The predicted molar refractivity (Wildman–Crippen MR) is 124 cm³/mol. The molecule has 1 aliphatic heterocycles. The third-order valence-electron chi connectivity index (χ3n) is 5.30. The summed E-state index contributed by atoms with van der Waals surface area (Å²) in [7, 11) is 0. The van der Waals surface area contributed by atoms with E-state index in [9.17, 15) is 4.39 Å². The van der Waals surface area contributed by atoms with Crippen LogP contribution in [0, 0.1) is 5.82 Å². The van der Waals surface area contributed by atoms with Crippen molar-refractivity contribution < 1.29 is 4.39 Å². The Labute approximate surface area is 188 Å². The fourth-order valence-electron chi connectivity index (χ4n) is 3.57. The van der Waals surface area contributed by atoms with E-state index < -0.39 is 0 Å². The molecule has 5 nitrogen and oxygen atoms in total. The Kier molecular flexibility index (Phi) is 5.41. The minimum atomic E-state index is -0.235. The Bertz CT molecular complexity index is 1120. The number of nitrogens with zero attached hydrogens (tertiary/aromatic N) is 4. The summed E-state index contributed by atoms with van der Waals surface area (Å²) in [5.74, 6) is 1.03. The molecular formula is C21H21FIN5S. The third kappa shape index (κ3) is 3.68. The Balaban J connectivity index is 1.71. The first kappa shape index (κ1) is 20.3. The predicted octanol–water partition coefficient (Wildman–Crippen LogP) is 5.19. The van der Waals surface area contributed by atoms with Gasteiger partial charge in [0.1, 0.15) is 11.6 Å². The van der Waals surface area contributed by atoms with Gasteiger partial charge < -0.3 is 5.32 Å². The molecule has 4 rings (SSSR count). The zero-order chi connectivity index (χ0) is 20.8. The second-order valence-electron chi connectivity index (χ2n) is 7.52. The van der Waals surface area contributed by atoms with Gasteiger partial charge in [-0.2, -0.15) is 10.1 Å². The van der Waals surface area contributed by atoms with E-state index in [2.05, 4.69) is 71.4 Å². The van der Waals surface area contributed by atoms with Gasteiger partial charge in [0.25, 0.3) is 5.95 Å². The lowest BCUT2D eigenvalue weighted by Gasteiger charge is -2.20. The average Bonchev–Trinajstić information content (AvgIpc) is 3.21. The largest absolute Gasteiger partial charge is 0.341 e. The second kappa shape index (κ2) is 7.71. The van der Waals surface area contributed by atoms with E-state index in [4.69, 9.17) is 4.98 Å². The Hall–Kier alpha value is -1.94. The van der Waals surface area contributed by atoms with Gasteiger partial charge in [-0.25, -0.2) is 14.1 Å². The van der Waals surface area contributed by atoms with E-state index in [1.165, 1.54) is 6.07 Å². The highest BCUT2D eigenvalue weighted by Crippen LogP contribution is 2.44. The first-order valence-electron chi connectivity index (χ1n) is 9.36. The van der Waals surface area contributed by atoms with Crippen LogP contribution < -0.4 is 5.32 Å². The van der Waals surface area contributed by atoms with E-state index in [1.807, 2.05) is 18.5 Å². The van der Waals surface area contributed by atoms with Gasteiger partial charge in [0.2, 0.25) is 0 Å². The number of thiol groups is 1. The van der Waals surface area contributed by atoms with Crippen molar-refractivity contribution in [3.8, 4) is 5.95 Å². The van der Waals surface area contributed by atoms with Crippen molar-refractivity contribution in [2.24, 2.45) is 0 Å². The van der Waals surface area contributed by atoms with Crippen LogP contribution in [0.5, 0.6) is 0 Å². The summed E-state index contributed by atoms with van der Waals surface area (Å²) in [4.78, 5) is 9.25. The van der Waals surface area contributed by atoms with E-state index >= 15 is 0 Å². The van der Waals surface area contributed by atoms with E-state index in [-0.39, 0.29) is 11.2 Å². The minimum absolute atomic E-state index is 0.218. The van der Waals surface area contributed by atoms with Gasteiger partial charge >= 0.3 is 0 Å². The van der Waals surface area contributed by atoms with Crippen molar-refractivity contribution in [1.82, 2.24) is 19.7 Å². The molecule has 0 saturated heterocycles. The molecule has 29 heavy (non-hydrogen) atoms. The summed E-state index contributed by atoms with van der Waals surface area (Å²) in [6, 6.07) is 6.80. The van der Waals surface area contributed by atoms with Crippen LogP contribution in [0.1, 0.15) is 43.2 Å². The molecule has 3 aromatic rings. The number of allylic oxidation sites excluding steroid dienone is 1. The van der Waals surface area contributed by atoms with Crippen LogP contribution in [-0.2, 0) is 18.3 Å². The number of aryl methyl sites for hydroxylation is 1. The maximum atomic E-state index is 14.1. The molecule has 3 heterocycles. The smallest absolute Gasteiger partial charge is 0.252 e. The van der Waals surface area contributed by atoms with Crippen molar-refractivity contribution in [3.63, 3.8) is 0 Å². The van der Waals surface area contributed by atoms with Crippen LogP contribution in [0.4, 0.5) is 10.2 Å². The fourth-order valence-corrected chi connectivity index (χ4v) is 4.71. The lowest BCUT2D eigenvalue weighted by molar-refractivity contribution is 0.612. The quantitative estimate of drug-likeness (QED) is 0.367. The molecule has 0 bridgehead atoms. The summed E-state index contributed by atoms with van der Waals surface area (Å²) >= 11 is 6.70. The summed E-state index contributed by atoms with van der Waals surface area (Å²) in [5.41, 5.74) is 4.31. The number of fused-ring (bicyclic) bond motifs is 1. The molecular weight excluding hydrogens is 500 g/mol. The number of hydrogen-bond donors (Lipinski definition) is 2. The molecule has 150 valence electrons. The monoisotopic (exact) mass is 521 g/mol. The van der Waals surface area contributed by atoms with Crippen molar-refractivity contribution in [2.75, 3.05) is 5.32 Å². The first-order valence-corrected chi connectivity index (χ1v) is 10.9. The van der Waals surface area contributed by atoms with Crippen molar-refractivity contribution in [1.29, 1.82) is 0 Å². The highest BCUT2D eigenvalue weighted by atomic mass is 127. The van der Waals surface area contributed by atoms with Gasteiger partial charge in [-0.3, -0.25) is 0 Å². The number of rotatable bonds is 4. The molecule has 0 unspecified atom stereocenters. The Morgan fingerprint density at radius 2 is 2.03 bits per heavy atom. The standard InChI is InChI=1S/C21H21FIN5S/c1-4-12-11-28(27-16(12)9-13-7-5-6-8-15(13)22)20-24-10-14-19(26-20)25-17(18(23)29)21(14,2)3/h5-8,10-11,29H,4,9H2,1-3H3,(H,24,25,26)/b18-17+. The van der Waals surface area contributed by atoms with Crippen molar-refractivity contribution in [2.45, 2.75) is 39.0 Å². The number of aromatic nitrogens is 4. The molecule has 1 aromatic carbocycles. The molecule has 1 aliphatic rings. The normalized spacial score (nSPS) is 16.5. The number of benzene rings is 1. The van der Waals surface area contributed by atoms with Crippen LogP contribution in [-0.4, -0.2) is 19.7 Å².